The number of amides is 1. The molecule has 120 valence electrons. The maximum Gasteiger partial charge on any atom is 0.233 e. The van der Waals surface area contributed by atoms with Gasteiger partial charge in [0, 0.05) is 6.54 Å². The highest BCUT2D eigenvalue weighted by atomic mass is 16.2. The summed E-state index contributed by atoms with van der Waals surface area (Å²) in [5, 5.41) is 0. The number of nitrogens with zero attached hydrogens (tertiary/aromatic N) is 1. The first kappa shape index (κ1) is 16.8. The molecule has 0 aliphatic carbocycles. The molecule has 0 radical (unpaired) electrons. The summed E-state index contributed by atoms with van der Waals surface area (Å²) in [6, 6.07) is 10.6. The van der Waals surface area contributed by atoms with Gasteiger partial charge in [-0.3, -0.25) is 4.79 Å². The zero-order chi connectivity index (χ0) is 15.9. The zero-order valence-electron chi connectivity index (χ0n) is 14.2. The number of rotatable bonds is 8. The van der Waals surface area contributed by atoms with E-state index in [1.807, 2.05) is 18.2 Å². The number of likely N-dealkylation sites (tertiary alicyclic amines) is 1. The van der Waals surface area contributed by atoms with Crippen LogP contribution in [0.1, 0.15) is 64.4 Å². The Bertz CT molecular complexity index is 506. The highest BCUT2D eigenvalue weighted by Gasteiger charge is 2.48. The van der Waals surface area contributed by atoms with Gasteiger partial charge in [-0.2, -0.15) is 0 Å². The summed E-state index contributed by atoms with van der Waals surface area (Å²) < 4.78 is 0. The van der Waals surface area contributed by atoms with Gasteiger partial charge in [0.2, 0.25) is 5.91 Å². The second-order valence-electron chi connectivity index (χ2n) is 6.14. The minimum atomic E-state index is 0.0288. The van der Waals surface area contributed by atoms with Gasteiger partial charge in [0.05, 0.1) is 12.0 Å². The molecule has 0 N–H and O–H groups in total. The molecule has 2 heteroatoms. The maximum absolute atomic E-state index is 12.7. The first-order valence-corrected chi connectivity index (χ1v) is 8.78. The summed E-state index contributed by atoms with van der Waals surface area (Å²) in [6.07, 6.45) is 7.89. The van der Waals surface area contributed by atoms with Crippen molar-refractivity contribution in [1.82, 2.24) is 4.90 Å². The molecule has 1 aliphatic heterocycles. The fourth-order valence-electron chi connectivity index (χ4n) is 3.33. The summed E-state index contributed by atoms with van der Waals surface area (Å²) >= 11 is 0. The van der Waals surface area contributed by atoms with E-state index < -0.39 is 0 Å². The number of carbonyl (C=O) groups excluding carboxylic acids is 1. The van der Waals surface area contributed by atoms with Crippen LogP contribution in [0.15, 0.2) is 42.0 Å². The van der Waals surface area contributed by atoms with E-state index in [2.05, 4.69) is 43.9 Å². The van der Waals surface area contributed by atoms with Crippen LogP contribution in [0.3, 0.4) is 0 Å². The van der Waals surface area contributed by atoms with Crippen LogP contribution in [0, 0.1) is 0 Å². The minimum absolute atomic E-state index is 0.0288. The number of hydrogen-bond donors (Lipinski definition) is 0. The summed E-state index contributed by atoms with van der Waals surface area (Å²) in [6.45, 7) is 7.50. The van der Waals surface area contributed by atoms with Gasteiger partial charge in [0.1, 0.15) is 0 Å². The molecule has 0 bridgehead atoms. The third kappa shape index (κ3) is 3.43. The number of allylic oxidation sites excluding steroid dienone is 1. The Morgan fingerprint density at radius 3 is 2.45 bits per heavy atom. The van der Waals surface area contributed by atoms with Crippen molar-refractivity contribution >= 4 is 5.91 Å². The third-order valence-corrected chi connectivity index (χ3v) is 4.60. The predicted octanol–water partition coefficient (Wildman–Crippen LogP) is 4.92. The molecule has 0 saturated carbocycles. The van der Waals surface area contributed by atoms with Crippen LogP contribution in [0.25, 0.3) is 0 Å². The fraction of sp³-hybridized carbons (Fsp3) is 0.550. The van der Waals surface area contributed by atoms with Crippen LogP contribution >= 0.6 is 0 Å². The van der Waals surface area contributed by atoms with Gasteiger partial charge in [-0.25, -0.2) is 0 Å². The largest absolute Gasteiger partial charge is 0.334 e. The lowest BCUT2D eigenvalue weighted by atomic mass is 9.76. The topological polar surface area (TPSA) is 20.3 Å². The minimum Gasteiger partial charge on any atom is -0.334 e. The Kier molecular flexibility index (Phi) is 6.23. The van der Waals surface area contributed by atoms with Gasteiger partial charge in [0.25, 0.3) is 0 Å². The van der Waals surface area contributed by atoms with Crippen molar-refractivity contribution in [3.63, 3.8) is 0 Å². The van der Waals surface area contributed by atoms with Crippen molar-refractivity contribution in [2.24, 2.45) is 0 Å². The average molecular weight is 299 g/mol. The number of hydrogen-bond acceptors (Lipinski definition) is 1. The van der Waals surface area contributed by atoms with Gasteiger partial charge in [0.15, 0.2) is 0 Å². The van der Waals surface area contributed by atoms with Gasteiger partial charge >= 0.3 is 0 Å². The first-order chi connectivity index (χ1) is 10.7. The highest BCUT2D eigenvalue weighted by molar-refractivity contribution is 5.92. The second-order valence-corrected chi connectivity index (χ2v) is 6.14. The van der Waals surface area contributed by atoms with E-state index in [9.17, 15) is 4.79 Å². The molecule has 1 aromatic carbocycles. The fourth-order valence-corrected chi connectivity index (χ4v) is 3.33. The van der Waals surface area contributed by atoms with Crippen molar-refractivity contribution in [3.05, 3.63) is 47.5 Å². The number of unbranched alkanes of at least 4 members (excludes halogenated alkanes) is 2. The van der Waals surface area contributed by atoms with Crippen LogP contribution in [0.5, 0.6) is 0 Å². The highest BCUT2D eigenvalue weighted by Crippen LogP contribution is 2.40. The zero-order valence-corrected chi connectivity index (χ0v) is 14.2. The quantitative estimate of drug-likeness (QED) is 0.493. The SMILES string of the molecule is CCC/C=C(\CC)[C@H]1[C@H](c2ccccc2)C(=O)N1CCCC. The molecule has 2 rings (SSSR count). The summed E-state index contributed by atoms with van der Waals surface area (Å²) in [7, 11) is 0. The van der Waals surface area contributed by atoms with Gasteiger partial charge in [-0.1, -0.05) is 75.6 Å². The number of β-lactam (4-membered cyclic amide) rings is 1. The molecule has 1 heterocycles. The Morgan fingerprint density at radius 1 is 1.14 bits per heavy atom. The molecule has 1 fully saturated rings. The van der Waals surface area contributed by atoms with Crippen LogP contribution < -0.4 is 0 Å². The Morgan fingerprint density at radius 2 is 1.86 bits per heavy atom. The molecule has 2 atom stereocenters. The summed E-state index contributed by atoms with van der Waals surface area (Å²) in [5.74, 6) is 0.335. The molecular formula is C20H29NO. The van der Waals surface area contributed by atoms with Gasteiger partial charge < -0.3 is 4.90 Å². The summed E-state index contributed by atoms with van der Waals surface area (Å²) in [5.41, 5.74) is 2.60. The van der Waals surface area contributed by atoms with E-state index in [1.54, 1.807) is 0 Å². The Labute approximate surface area is 135 Å². The predicted molar refractivity (Wildman–Crippen MR) is 92.9 cm³/mol. The molecule has 1 aliphatic rings. The second kappa shape index (κ2) is 8.17. The molecule has 2 nitrogen and oxygen atoms in total. The lowest BCUT2D eigenvalue weighted by Gasteiger charge is -2.49. The smallest absolute Gasteiger partial charge is 0.233 e. The van der Waals surface area contributed by atoms with Crippen LogP contribution in [-0.2, 0) is 4.79 Å². The van der Waals surface area contributed by atoms with Crippen molar-refractivity contribution in [1.29, 1.82) is 0 Å². The lowest BCUT2D eigenvalue weighted by molar-refractivity contribution is -0.147. The normalized spacial score (nSPS) is 21.9. The van der Waals surface area contributed by atoms with Crippen molar-refractivity contribution < 1.29 is 4.79 Å². The van der Waals surface area contributed by atoms with E-state index in [0.29, 0.717) is 5.91 Å². The third-order valence-electron chi connectivity index (χ3n) is 4.60. The van der Waals surface area contributed by atoms with Crippen molar-refractivity contribution in [3.8, 4) is 0 Å². The molecule has 1 saturated heterocycles. The van der Waals surface area contributed by atoms with E-state index in [0.717, 1.165) is 38.6 Å². The molecule has 1 aromatic rings. The van der Waals surface area contributed by atoms with Crippen molar-refractivity contribution in [2.75, 3.05) is 6.54 Å². The lowest BCUT2D eigenvalue weighted by Crippen LogP contribution is -2.60. The number of benzene rings is 1. The molecule has 0 aromatic heterocycles. The average Bonchev–Trinajstić information content (AvgIpc) is 2.55. The molecule has 0 spiro atoms. The molecule has 0 unspecified atom stereocenters. The van der Waals surface area contributed by atoms with E-state index >= 15 is 0 Å². The van der Waals surface area contributed by atoms with Crippen molar-refractivity contribution in [2.45, 2.75) is 64.8 Å². The molecular weight excluding hydrogens is 270 g/mol. The number of carbonyl (C=O) groups is 1. The Balaban J connectivity index is 2.26. The maximum atomic E-state index is 12.7. The Hall–Kier alpha value is -1.57. The molecule has 1 amide bonds. The van der Waals surface area contributed by atoms with Gasteiger partial charge in [-0.15, -0.1) is 0 Å². The van der Waals surface area contributed by atoms with E-state index in [4.69, 9.17) is 0 Å². The monoisotopic (exact) mass is 299 g/mol. The van der Waals surface area contributed by atoms with Crippen LogP contribution in [0.2, 0.25) is 0 Å². The van der Waals surface area contributed by atoms with Crippen LogP contribution in [0.4, 0.5) is 0 Å². The summed E-state index contributed by atoms with van der Waals surface area (Å²) in [4.78, 5) is 14.8. The first-order valence-electron chi connectivity index (χ1n) is 8.78. The van der Waals surface area contributed by atoms with E-state index in [1.165, 1.54) is 11.1 Å². The van der Waals surface area contributed by atoms with E-state index in [-0.39, 0.29) is 12.0 Å². The standard InChI is InChI=1S/C20H29NO/c1-4-7-12-16(6-3)19-18(17-13-10-9-11-14-17)20(22)21(19)15-8-5-2/h9-14,18-19H,4-8,15H2,1-3H3/b16-12+/t18-,19-/m0/s1. The van der Waals surface area contributed by atoms with Crippen LogP contribution in [-0.4, -0.2) is 23.4 Å². The van der Waals surface area contributed by atoms with Gasteiger partial charge in [-0.05, 0) is 24.8 Å². The molecule has 22 heavy (non-hydrogen) atoms.